The summed E-state index contributed by atoms with van der Waals surface area (Å²) in [6, 6.07) is -2.78. The molecule has 39 nitrogen and oxygen atoms in total. The summed E-state index contributed by atoms with van der Waals surface area (Å²) in [7, 11) is 0. The molecule has 96 heavy (non-hydrogen) atoms. The molecule has 552 valence electrons. The first-order chi connectivity index (χ1) is 45.6. The Labute approximate surface area is 553 Å². The van der Waals surface area contributed by atoms with E-state index in [1.165, 1.54) is 0 Å². The fourth-order valence-electron chi connectivity index (χ4n) is 7.61. The van der Waals surface area contributed by atoms with Crippen molar-refractivity contribution >= 4 is 65.0 Å². The van der Waals surface area contributed by atoms with E-state index in [-0.39, 0.29) is 85.1 Å². The lowest BCUT2D eigenvalue weighted by molar-refractivity contribution is -0.155. The van der Waals surface area contributed by atoms with Crippen molar-refractivity contribution in [1.82, 2.24) is 47.4 Å². The van der Waals surface area contributed by atoms with Crippen LogP contribution in [0.15, 0.2) is 12.2 Å². The Balaban J connectivity index is 2.12. The minimum atomic E-state index is -2.00. The van der Waals surface area contributed by atoms with Crippen molar-refractivity contribution in [1.29, 1.82) is 0 Å². The van der Waals surface area contributed by atoms with Gasteiger partial charge in [-0.3, -0.25) is 57.6 Å². The third-order valence-electron chi connectivity index (χ3n) is 12.8. The van der Waals surface area contributed by atoms with Crippen molar-refractivity contribution in [3.05, 3.63) is 12.2 Å². The molecule has 0 saturated carbocycles. The third kappa shape index (κ3) is 42.2. The number of rotatable bonds is 57. The molecule has 0 aromatic rings. The molecule has 0 unspecified atom stereocenters. The van der Waals surface area contributed by atoms with Gasteiger partial charge in [-0.15, -0.1) is 0 Å². The number of carbonyl (C=O) groups is 11. The van der Waals surface area contributed by atoms with Gasteiger partial charge in [0.1, 0.15) is 60.9 Å². The number of hydrogen-bond donors (Lipinski definition) is 18. The Kier molecular flexibility index (Phi) is 47.0. The Hall–Kier alpha value is -6.61. The van der Waals surface area contributed by atoms with E-state index < -0.39 is 190 Å². The maximum Gasteiger partial charge on any atom is 0.306 e. The minimum absolute atomic E-state index is 0.0927. The first-order valence-electron chi connectivity index (χ1n) is 30.8. The summed E-state index contributed by atoms with van der Waals surface area (Å²) in [5.74, 6) is -8.33. The molecular weight excluding hydrogens is 1290 g/mol. The van der Waals surface area contributed by atoms with Crippen LogP contribution >= 0.6 is 0 Å². The lowest BCUT2D eigenvalue weighted by Crippen LogP contribution is -2.53. The highest BCUT2D eigenvalue weighted by Crippen LogP contribution is 2.12. The van der Waals surface area contributed by atoms with E-state index in [4.69, 9.17) is 52.8 Å². The average Bonchev–Trinajstić information content (AvgIpc) is 1.67. The normalized spacial score (nSPS) is 15.4. The molecule has 18 N–H and O–H groups in total. The van der Waals surface area contributed by atoms with Crippen LogP contribution in [0.3, 0.4) is 0 Å². The number of hydrogen-bond acceptors (Lipinski definition) is 30. The molecule has 0 aromatic heterocycles. The van der Waals surface area contributed by atoms with Crippen LogP contribution < -0.4 is 42.5 Å². The number of imide groups is 1. The number of amides is 10. The summed E-state index contributed by atoms with van der Waals surface area (Å²) < 4.78 is 48.8. The van der Waals surface area contributed by atoms with Gasteiger partial charge in [0, 0.05) is 51.0 Å². The fraction of sp³-hybridized carbons (Fsp3) is 0.772. The van der Waals surface area contributed by atoms with Crippen molar-refractivity contribution in [2.45, 2.75) is 119 Å². The summed E-state index contributed by atoms with van der Waals surface area (Å²) in [6.07, 6.45) is -14.7. The fourth-order valence-corrected chi connectivity index (χ4v) is 7.61. The van der Waals surface area contributed by atoms with Gasteiger partial charge >= 0.3 is 5.97 Å². The molecule has 0 aromatic carbocycles. The summed E-state index contributed by atoms with van der Waals surface area (Å²) in [6.45, 7) is 3.36. The molecule has 0 bridgehead atoms. The van der Waals surface area contributed by atoms with Crippen LogP contribution in [0.1, 0.15) is 52.9 Å². The molecule has 10 atom stereocenters. The van der Waals surface area contributed by atoms with E-state index in [1.54, 1.807) is 20.8 Å². The van der Waals surface area contributed by atoms with Crippen molar-refractivity contribution in [3.8, 4) is 0 Å². The van der Waals surface area contributed by atoms with Crippen LogP contribution in [-0.4, -0.2) is 352 Å². The second kappa shape index (κ2) is 51.6. The number of esters is 1. The number of ether oxygens (including phenoxy) is 9. The summed E-state index contributed by atoms with van der Waals surface area (Å²) in [5.41, 5.74) is -0.825. The van der Waals surface area contributed by atoms with Crippen LogP contribution in [-0.2, 0) is 95.4 Å². The highest BCUT2D eigenvalue weighted by atomic mass is 16.6. The molecule has 1 rings (SSSR count). The number of nitrogens with one attached hydrogen (secondary N) is 8. The number of nitrogens with zero attached hydrogens (tertiary/aromatic N) is 1. The minimum Gasteiger partial charge on any atom is -0.460 e. The summed E-state index contributed by atoms with van der Waals surface area (Å²) in [5, 5.41) is 116. The van der Waals surface area contributed by atoms with Gasteiger partial charge in [0.05, 0.1) is 151 Å². The van der Waals surface area contributed by atoms with E-state index in [1.807, 2.05) is 0 Å². The van der Waals surface area contributed by atoms with Crippen molar-refractivity contribution in [2.24, 2.45) is 0 Å². The van der Waals surface area contributed by atoms with Gasteiger partial charge in [-0.1, -0.05) is 0 Å². The van der Waals surface area contributed by atoms with Gasteiger partial charge in [-0.25, -0.2) is 0 Å². The van der Waals surface area contributed by atoms with Gasteiger partial charge < -0.3 is 136 Å². The maximum absolute atomic E-state index is 13.0. The SMILES string of the molecule is CC(C)(C)OC(=O)CC[C@H](NC(=O)CN1C(=O)C=CC1=O)C(=O)NCC(=O)NCC(=O)NCC(=O)NCCOCCOCCOCCOCCOCCOCCOCCOCCC(=O)N[C@@H](CCC(=O)NC[C@H](O)[C@@H](O)[C@H](O)[C@H](O)CO)C(=O)NC[C@H](O)[C@@H](O)[C@H](O)[C@H](O)CO. The van der Waals surface area contributed by atoms with E-state index in [9.17, 15) is 93.6 Å². The van der Waals surface area contributed by atoms with Gasteiger partial charge in [-0.2, -0.15) is 0 Å². The van der Waals surface area contributed by atoms with Crippen LogP contribution in [0.4, 0.5) is 0 Å². The van der Waals surface area contributed by atoms with Crippen LogP contribution in [0.25, 0.3) is 0 Å². The van der Waals surface area contributed by atoms with Crippen molar-refractivity contribution in [2.75, 3.05) is 165 Å². The molecule has 0 aliphatic carbocycles. The van der Waals surface area contributed by atoms with Gasteiger partial charge in [0.2, 0.25) is 47.3 Å². The van der Waals surface area contributed by atoms with Crippen LogP contribution in [0.2, 0.25) is 0 Å². The molecule has 1 aliphatic heterocycles. The molecule has 10 amide bonds. The predicted octanol–water partition coefficient (Wildman–Crippen LogP) is -11.1. The average molecular weight is 1390 g/mol. The standard InChI is InChI=1S/C57H99N9O30/c1-57(2,3)96-50(81)9-5-37(65-47(78)33-66-48(79)7-8-49(66)80)56(87)63-32-46(77)61-31-45(76)60-30-44(75)58-11-13-89-15-17-91-19-21-93-23-25-95-27-26-94-24-22-92-20-18-90-16-14-88-12-10-43(74)64-36(55(86)62-29-39(70)52(83)54(85)41(72)35-68)4-6-42(73)59-28-38(69)51(82)53(84)40(71)34-67/h7-8,36-41,51-54,67-72,82-85H,4-6,9-35H2,1-3H3,(H,58,75)(H,59,73)(H,60,76)(H,61,77)(H,62,86)(H,63,87)(H,64,74)(H,65,78)/t36-,37-,38-,39-,40+,41+,51+,52+,53+,54+/m0/s1. The smallest absolute Gasteiger partial charge is 0.306 e. The monoisotopic (exact) mass is 1390 g/mol. The predicted molar refractivity (Wildman–Crippen MR) is 325 cm³/mol. The van der Waals surface area contributed by atoms with Gasteiger partial charge in [-0.05, 0) is 33.6 Å². The molecule has 0 spiro atoms. The molecule has 1 aliphatic rings. The largest absolute Gasteiger partial charge is 0.460 e. The highest BCUT2D eigenvalue weighted by Gasteiger charge is 2.34. The zero-order valence-electron chi connectivity index (χ0n) is 54.2. The second-order valence-corrected chi connectivity index (χ2v) is 21.9. The number of aliphatic hydroxyl groups excluding tert-OH is 10. The van der Waals surface area contributed by atoms with Crippen LogP contribution in [0.5, 0.6) is 0 Å². The Bertz CT molecular complexity index is 2340. The van der Waals surface area contributed by atoms with E-state index in [2.05, 4.69) is 42.5 Å². The summed E-state index contributed by atoms with van der Waals surface area (Å²) >= 11 is 0. The first kappa shape index (κ1) is 87.4. The Morgan fingerprint density at radius 3 is 1.19 bits per heavy atom. The van der Waals surface area contributed by atoms with E-state index >= 15 is 0 Å². The first-order valence-corrected chi connectivity index (χ1v) is 30.8. The zero-order chi connectivity index (χ0) is 71.8. The Morgan fingerprint density at radius 1 is 0.406 bits per heavy atom. The maximum atomic E-state index is 13.0. The molecule has 39 heteroatoms. The van der Waals surface area contributed by atoms with Crippen molar-refractivity contribution in [3.63, 3.8) is 0 Å². The van der Waals surface area contributed by atoms with E-state index in [0.717, 1.165) is 12.2 Å². The molecule has 0 radical (unpaired) electrons. The lowest BCUT2D eigenvalue weighted by Gasteiger charge is -2.26. The molecule has 1 heterocycles. The topological polar surface area (TPSA) is 573 Å². The Morgan fingerprint density at radius 2 is 0.760 bits per heavy atom. The molecule has 0 fully saturated rings. The van der Waals surface area contributed by atoms with Gasteiger partial charge in [0.15, 0.2) is 0 Å². The van der Waals surface area contributed by atoms with E-state index in [0.29, 0.717) is 57.8 Å². The van der Waals surface area contributed by atoms with Gasteiger partial charge in [0.25, 0.3) is 11.8 Å². The molecule has 0 saturated heterocycles. The van der Waals surface area contributed by atoms with Crippen molar-refractivity contribution < 1.29 is 146 Å². The molecular formula is C57H99N9O30. The number of aliphatic hydroxyl groups is 10. The second-order valence-electron chi connectivity index (χ2n) is 21.9. The van der Waals surface area contributed by atoms with Crippen LogP contribution in [0, 0.1) is 0 Å². The highest BCUT2D eigenvalue weighted by molar-refractivity contribution is 6.14. The zero-order valence-corrected chi connectivity index (χ0v) is 54.2. The third-order valence-corrected chi connectivity index (χ3v) is 12.8. The lowest BCUT2D eigenvalue weighted by atomic mass is 10.0. The summed E-state index contributed by atoms with van der Waals surface area (Å²) in [4.78, 5) is 137. The quantitative estimate of drug-likeness (QED) is 0.0153. The number of carbonyl (C=O) groups excluding carboxylic acids is 11.